The van der Waals surface area contributed by atoms with Crippen molar-refractivity contribution in [3.05, 3.63) is 34.2 Å². The molecule has 1 aliphatic rings. The van der Waals surface area contributed by atoms with Gasteiger partial charge in [-0.3, -0.25) is 0 Å². The van der Waals surface area contributed by atoms with Crippen LogP contribution in [0, 0.1) is 6.92 Å². The molecule has 17 heavy (non-hydrogen) atoms. The maximum atomic E-state index is 12.1. The zero-order chi connectivity index (χ0) is 12.8. The van der Waals surface area contributed by atoms with Crippen molar-refractivity contribution in [1.29, 1.82) is 0 Å². The van der Waals surface area contributed by atoms with Crippen LogP contribution in [0.15, 0.2) is 28.0 Å². The zero-order valence-corrected chi connectivity index (χ0v) is 11.1. The number of hydrogen-bond acceptors (Lipinski definition) is 4. The lowest BCUT2D eigenvalue weighted by Gasteiger charge is -2.03. The molecule has 1 aromatic carbocycles. The van der Waals surface area contributed by atoms with Gasteiger partial charge in [0.15, 0.2) is 9.84 Å². The van der Waals surface area contributed by atoms with E-state index in [0.717, 1.165) is 11.8 Å². The highest BCUT2D eigenvalue weighted by Gasteiger charge is 2.31. The van der Waals surface area contributed by atoms with Gasteiger partial charge in [-0.2, -0.15) is 0 Å². The minimum atomic E-state index is -3.62. The molecule has 0 atom stereocenters. The number of aryl methyl sites for hydroxylation is 1. The molecule has 0 spiro atoms. The minimum absolute atomic E-state index is 0.0377. The van der Waals surface area contributed by atoms with Gasteiger partial charge < -0.3 is 0 Å². The average Bonchev–Trinajstić information content (AvgIpc) is 2.39. The summed E-state index contributed by atoms with van der Waals surface area (Å²) in [5, 5.41) is 0. The Hall–Kier alpha value is -1.14. The largest absolute Gasteiger partial charge is 0.229 e. The molecule has 1 aromatic rings. The van der Waals surface area contributed by atoms with Gasteiger partial charge in [0.2, 0.25) is 9.84 Å². The second-order valence-corrected chi connectivity index (χ2v) is 8.28. The standard InChI is InChI=1S/C11H12O4S2/c1-8-4-3-5-11-10(8)6-9(17(11,14)15)7-16(2,12)13/h3-6H,7H2,1-2H3. The van der Waals surface area contributed by atoms with Crippen LogP contribution in [0.25, 0.3) is 6.08 Å². The van der Waals surface area contributed by atoms with Crippen LogP contribution in [0.4, 0.5) is 0 Å². The molecule has 0 aromatic heterocycles. The van der Waals surface area contributed by atoms with Crippen molar-refractivity contribution in [3.63, 3.8) is 0 Å². The van der Waals surface area contributed by atoms with E-state index in [0.29, 0.717) is 5.56 Å². The Morgan fingerprint density at radius 2 is 1.88 bits per heavy atom. The maximum Gasteiger partial charge on any atom is 0.204 e. The topological polar surface area (TPSA) is 68.3 Å². The van der Waals surface area contributed by atoms with Crippen molar-refractivity contribution in [2.75, 3.05) is 12.0 Å². The Balaban J connectivity index is 2.63. The molecule has 0 amide bonds. The fourth-order valence-electron chi connectivity index (χ4n) is 1.83. The Morgan fingerprint density at radius 3 is 2.41 bits per heavy atom. The number of fused-ring (bicyclic) bond motifs is 1. The molecule has 1 aliphatic heterocycles. The van der Waals surface area contributed by atoms with Gasteiger partial charge in [0.05, 0.1) is 15.6 Å². The van der Waals surface area contributed by atoms with Gasteiger partial charge in [-0.1, -0.05) is 12.1 Å². The molecule has 0 bridgehead atoms. The Bertz CT molecular complexity index is 710. The molecule has 0 saturated carbocycles. The van der Waals surface area contributed by atoms with Crippen molar-refractivity contribution in [3.8, 4) is 0 Å². The van der Waals surface area contributed by atoms with E-state index in [1.54, 1.807) is 19.1 Å². The summed E-state index contributed by atoms with van der Waals surface area (Å²) < 4.78 is 46.6. The third-order valence-corrected chi connectivity index (χ3v) is 5.53. The number of benzene rings is 1. The average molecular weight is 272 g/mol. The first kappa shape index (κ1) is 12.3. The van der Waals surface area contributed by atoms with Crippen LogP contribution < -0.4 is 0 Å². The monoisotopic (exact) mass is 272 g/mol. The van der Waals surface area contributed by atoms with E-state index < -0.39 is 25.4 Å². The highest BCUT2D eigenvalue weighted by Crippen LogP contribution is 2.34. The lowest BCUT2D eigenvalue weighted by atomic mass is 10.1. The summed E-state index contributed by atoms with van der Waals surface area (Å²) in [5.41, 5.74) is 1.43. The molecule has 0 N–H and O–H groups in total. The highest BCUT2D eigenvalue weighted by atomic mass is 32.2. The van der Waals surface area contributed by atoms with Crippen molar-refractivity contribution in [1.82, 2.24) is 0 Å². The summed E-state index contributed by atoms with van der Waals surface area (Å²) in [4.78, 5) is 0.167. The third-order valence-electron chi connectivity index (χ3n) is 2.63. The summed E-state index contributed by atoms with van der Waals surface area (Å²) in [6, 6.07) is 4.96. The lowest BCUT2D eigenvalue weighted by Crippen LogP contribution is -2.11. The van der Waals surface area contributed by atoms with Crippen molar-refractivity contribution < 1.29 is 16.8 Å². The quantitative estimate of drug-likeness (QED) is 0.810. The zero-order valence-electron chi connectivity index (χ0n) is 9.47. The van der Waals surface area contributed by atoms with E-state index in [4.69, 9.17) is 0 Å². The molecule has 0 saturated heterocycles. The van der Waals surface area contributed by atoms with Crippen LogP contribution in [0.5, 0.6) is 0 Å². The number of sulfone groups is 2. The molecule has 0 fully saturated rings. The van der Waals surface area contributed by atoms with Crippen molar-refractivity contribution >= 4 is 25.8 Å². The molecular formula is C11H12O4S2. The van der Waals surface area contributed by atoms with E-state index in [1.165, 1.54) is 12.1 Å². The van der Waals surface area contributed by atoms with Gasteiger partial charge in [-0.25, -0.2) is 16.8 Å². The lowest BCUT2D eigenvalue weighted by molar-refractivity contribution is 0.596. The fraction of sp³-hybridized carbons (Fsp3) is 0.273. The van der Waals surface area contributed by atoms with Gasteiger partial charge in [0, 0.05) is 6.26 Å². The normalized spacial score (nSPS) is 17.6. The first-order chi connectivity index (χ1) is 7.72. The summed E-state index contributed by atoms with van der Waals surface area (Å²) in [7, 11) is -6.98. The number of hydrogen-bond donors (Lipinski definition) is 0. The molecule has 92 valence electrons. The van der Waals surface area contributed by atoms with Gasteiger partial charge in [-0.05, 0) is 30.2 Å². The molecule has 0 aliphatic carbocycles. The second kappa shape index (κ2) is 3.68. The minimum Gasteiger partial charge on any atom is -0.229 e. The fourth-order valence-corrected chi connectivity index (χ4v) is 5.02. The SMILES string of the molecule is Cc1cccc2c1C=C(CS(C)(=O)=O)S2(=O)=O. The second-order valence-electron chi connectivity index (χ2n) is 4.17. The highest BCUT2D eigenvalue weighted by molar-refractivity contribution is 7.98. The predicted molar refractivity (Wildman–Crippen MR) is 66.1 cm³/mol. The molecule has 0 unspecified atom stereocenters. The molecule has 6 heteroatoms. The first-order valence-corrected chi connectivity index (χ1v) is 8.49. The Morgan fingerprint density at radius 1 is 1.24 bits per heavy atom. The smallest absolute Gasteiger partial charge is 0.204 e. The molecule has 2 rings (SSSR count). The van der Waals surface area contributed by atoms with Gasteiger partial charge in [0.1, 0.15) is 0 Å². The first-order valence-electron chi connectivity index (χ1n) is 4.95. The molecule has 4 nitrogen and oxygen atoms in total. The summed E-state index contributed by atoms with van der Waals surface area (Å²) in [6.07, 6.45) is 2.49. The summed E-state index contributed by atoms with van der Waals surface area (Å²) in [5.74, 6) is -0.441. The van der Waals surface area contributed by atoms with Crippen LogP contribution in [-0.4, -0.2) is 28.8 Å². The molecule has 1 heterocycles. The van der Waals surface area contributed by atoms with E-state index in [9.17, 15) is 16.8 Å². The number of rotatable bonds is 2. The van der Waals surface area contributed by atoms with Crippen molar-refractivity contribution in [2.45, 2.75) is 11.8 Å². The van der Waals surface area contributed by atoms with Gasteiger partial charge >= 0.3 is 0 Å². The van der Waals surface area contributed by atoms with Gasteiger partial charge in [-0.15, -0.1) is 0 Å². The van der Waals surface area contributed by atoms with Crippen LogP contribution >= 0.6 is 0 Å². The molecular weight excluding hydrogens is 260 g/mol. The molecule has 0 radical (unpaired) electrons. The predicted octanol–water partition coefficient (Wildman–Crippen LogP) is 1.17. The van der Waals surface area contributed by atoms with Crippen LogP contribution in [0.2, 0.25) is 0 Å². The Kier molecular flexibility index (Phi) is 2.67. The van der Waals surface area contributed by atoms with Crippen LogP contribution in [0.3, 0.4) is 0 Å². The van der Waals surface area contributed by atoms with E-state index in [2.05, 4.69) is 0 Å². The summed E-state index contributed by atoms with van der Waals surface area (Å²) in [6.45, 7) is 1.80. The van der Waals surface area contributed by atoms with Gasteiger partial charge in [0.25, 0.3) is 0 Å². The maximum absolute atomic E-state index is 12.1. The van der Waals surface area contributed by atoms with E-state index >= 15 is 0 Å². The van der Waals surface area contributed by atoms with E-state index in [-0.39, 0.29) is 9.80 Å². The Labute approximate surface area is 101 Å². The van der Waals surface area contributed by atoms with Crippen LogP contribution in [0.1, 0.15) is 11.1 Å². The van der Waals surface area contributed by atoms with Crippen LogP contribution in [-0.2, 0) is 19.7 Å². The van der Waals surface area contributed by atoms with E-state index in [1.807, 2.05) is 0 Å². The van der Waals surface area contributed by atoms with Crippen molar-refractivity contribution in [2.24, 2.45) is 0 Å². The summed E-state index contributed by atoms with van der Waals surface area (Å²) >= 11 is 0. The third kappa shape index (κ3) is 2.14.